The number of aromatic nitrogens is 2. The molecule has 1 saturated heterocycles. The first-order chi connectivity index (χ1) is 18.0. The van der Waals surface area contributed by atoms with Crippen LogP contribution in [0.3, 0.4) is 0 Å². The summed E-state index contributed by atoms with van der Waals surface area (Å²) < 4.78 is 2.72. The van der Waals surface area contributed by atoms with E-state index in [9.17, 15) is 14.4 Å². The SMILES string of the molecule is NC(=O)Cn1c(C(=O)N2CCNCC2Cc2ccccc2)c(-c2ccccc2)n(-c2ccccc2)c1=O. The highest BCUT2D eigenvalue weighted by atomic mass is 16.2. The number of rotatable bonds is 7. The summed E-state index contributed by atoms with van der Waals surface area (Å²) in [6.45, 7) is 1.35. The Morgan fingerprint density at radius 3 is 2.16 bits per heavy atom. The first kappa shape index (κ1) is 24.3. The molecule has 3 aromatic carbocycles. The highest BCUT2D eigenvalue weighted by Gasteiger charge is 2.34. The van der Waals surface area contributed by atoms with Gasteiger partial charge in [0.2, 0.25) is 5.91 Å². The lowest BCUT2D eigenvalue weighted by Crippen LogP contribution is -2.55. The normalized spacial score (nSPS) is 15.5. The number of imidazole rings is 1. The van der Waals surface area contributed by atoms with Crippen molar-refractivity contribution in [2.75, 3.05) is 19.6 Å². The van der Waals surface area contributed by atoms with Crippen molar-refractivity contribution in [1.82, 2.24) is 19.4 Å². The van der Waals surface area contributed by atoms with Crippen molar-refractivity contribution in [2.45, 2.75) is 19.0 Å². The second-order valence-corrected chi connectivity index (χ2v) is 9.12. The zero-order valence-corrected chi connectivity index (χ0v) is 20.4. The van der Waals surface area contributed by atoms with Crippen LogP contribution in [0.5, 0.6) is 0 Å². The average molecular weight is 496 g/mol. The molecular formula is C29H29N5O3. The van der Waals surface area contributed by atoms with Crippen LogP contribution >= 0.6 is 0 Å². The van der Waals surface area contributed by atoms with Gasteiger partial charge in [-0.15, -0.1) is 0 Å². The van der Waals surface area contributed by atoms with Gasteiger partial charge in [-0.1, -0.05) is 78.9 Å². The monoisotopic (exact) mass is 495 g/mol. The number of carbonyl (C=O) groups is 2. The molecule has 0 saturated carbocycles. The van der Waals surface area contributed by atoms with Crippen molar-refractivity contribution in [3.8, 4) is 16.9 Å². The Balaban J connectivity index is 1.69. The van der Waals surface area contributed by atoms with Crippen molar-refractivity contribution in [3.63, 3.8) is 0 Å². The number of nitrogens with zero attached hydrogens (tertiary/aromatic N) is 3. The van der Waals surface area contributed by atoms with Gasteiger partial charge in [0, 0.05) is 31.2 Å². The molecular weight excluding hydrogens is 466 g/mol. The maximum Gasteiger partial charge on any atom is 0.334 e. The molecule has 1 aliphatic rings. The molecule has 8 nitrogen and oxygen atoms in total. The molecule has 4 aromatic rings. The molecule has 1 aliphatic heterocycles. The minimum atomic E-state index is -0.692. The molecule has 0 radical (unpaired) electrons. The number of hydrogen-bond donors (Lipinski definition) is 2. The summed E-state index contributed by atoms with van der Waals surface area (Å²) in [5.74, 6) is -0.989. The molecule has 1 fully saturated rings. The minimum Gasteiger partial charge on any atom is -0.368 e. The van der Waals surface area contributed by atoms with E-state index in [1.807, 2.05) is 83.8 Å². The highest BCUT2D eigenvalue weighted by Crippen LogP contribution is 2.28. The molecule has 8 heteroatoms. The predicted octanol–water partition coefficient (Wildman–Crippen LogP) is 2.45. The first-order valence-electron chi connectivity index (χ1n) is 12.3. The quantitative estimate of drug-likeness (QED) is 0.411. The van der Waals surface area contributed by atoms with E-state index in [4.69, 9.17) is 5.73 Å². The lowest BCUT2D eigenvalue weighted by molar-refractivity contribution is -0.118. The van der Waals surface area contributed by atoms with Crippen molar-refractivity contribution in [1.29, 1.82) is 0 Å². The number of amides is 2. The molecule has 5 rings (SSSR count). The summed E-state index contributed by atoms with van der Waals surface area (Å²) in [4.78, 5) is 42.1. The zero-order chi connectivity index (χ0) is 25.8. The van der Waals surface area contributed by atoms with E-state index in [0.717, 1.165) is 5.56 Å². The number of benzene rings is 3. The van der Waals surface area contributed by atoms with E-state index in [2.05, 4.69) is 5.32 Å². The van der Waals surface area contributed by atoms with E-state index < -0.39 is 18.1 Å². The second-order valence-electron chi connectivity index (χ2n) is 9.12. The van der Waals surface area contributed by atoms with E-state index in [-0.39, 0.29) is 17.6 Å². The minimum absolute atomic E-state index is 0.121. The average Bonchev–Trinajstić information content (AvgIpc) is 3.21. The molecule has 3 N–H and O–H groups in total. The summed E-state index contributed by atoms with van der Waals surface area (Å²) in [6, 6.07) is 28.3. The molecule has 0 spiro atoms. The van der Waals surface area contributed by atoms with Crippen LogP contribution in [0.15, 0.2) is 95.8 Å². The molecule has 2 heterocycles. The second kappa shape index (κ2) is 10.7. The van der Waals surface area contributed by atoms with Gasteiger partial charge in [0.1, 0.15) is 12.2 Å². The third kappa shape index (κ3) is 4.96. The molecule has 0 aliphatic carbocycles. The van der Waals surface area contributed by atoms with E-state index >= 15 is 0 Å². The largest absolute Gasteiger partial charge is 0.368 e. The van der Waals surface area contributed by atoms with Crippen molar-refractivity contribution < 1.29 is 9.59 Å². The lowest BCUT2D eigenvalue weighted by Gasteiger charge is -2.36. The van der Waals surface area contributed by atoms with Crippen LogP contribution in [0.25, 0.3) is 16.9 Å². The van der Waals surface area contributed by atoms with E-state index in [0.29, 0.717) is 43.0 Å². The Labute approximate surface area is 214 Å². The number of piperazine rings is 1. The van der Waals surface area contributed by atoms with Gasteiger partial charge in [-0.3, -0.25) is 18.7 Å². The Bertz CT molecular complexity index is 1450. The van der Waals surface area contributed by atoms with Crippen molar-refractivity contribution in [3.05, 3.63) is 113 Å². The standard InChI is InChI=1S/C29H29N5O3/c30-25(35)20-33-27(28(36)32-17-16-31-19-24(32)18-21-10-4-1-5-11-21)26(22-12-6-2-7-13-22)34(29(33)37)23-14-8-3-9-15-23/h1-15,24,31H,16-20H2,(H2,30,35). The van der Waals surface area contributed by atoms with Gasteiger partial charge in [-0.25, -0.2) is 4.79 Å². The maximum absolute atomic E-state index is 14.4. The van der Waals surface area contributed by atoms with Crippen LogP contribution in [0.4, 0.5) is 0 Å². The number of carbonyl (C=O) groups excluding carboxylic acids is 2. The van der Waals surface area contributed by atoms with Gasteiger partial charge in [-0.05, 0) is 24.1 Å². The van der Waals surface area contributed by atoms with Gasteiger partial charge in [0.15, 0.2) is 0 Å². The Morgan fingerprint density at radius 1 is 0.892 bits per heavy atom. The lowest BCUT2D eigenvalue weighted by atomic mass is 10.0. The summed E-state index contributed by atoms with van der Waals surface area (Å²) in [7, 11) is 0. The first-order valence-corrected chi connectivity index (χ1v) is 12.3. The van der Waals surface area contributed by atoms with Crippen LogP contribution in [0, 0.1) is 0 Å². The fourth-order valence-corrected chi connectivity index (χ4v) is 4.98. The number of hydrogen-bond acceptors (Lipinski definition) is 4. The van der Waals surface area contributed by atoms with Gasteiger partial charge < -0.3 is 16.0 Å². The van der Waals surface area contributed by atoms with Crippen molar-refractivity contribution in [2.24, 2.45) is 5.73 Å². The van der Waals surface area contributed by atoms with Gasteiger partial charge in [-0.2, -0.15) is 0 Å². The Hall–Kier alpha value is -4.43. The summed E-state index contributed by atoms with van der Waals surface area (Å²) in [6.07, 6.45) is 0.666. The molecule has 2 amide bonds. The van der Waals surface area contributed by atoms with E-state index in [1.165, 1.54) is 9.13 Å². The summed E-state index contributed by atoms with van der Waals surface area (Å²) in [5.41, 5.74) is 8.11. The third-order valence-electron chi connectivity index (χ3n) is 6.64. The van der Waals surface area contributed by atoms with Crippen LogP contribution < -0.4 is 16.7 Å². The highest BCUT2D eigenvalue weighted by molar-refractivity contribution is 5.99. The topological polar surface area (TPSA) is 102 Å². The van der Waals surface area contributed by atoms with Gasteiger partial charge >= 0.3 is 5.69 Å². The van der Waals surface area contributed by atoms with Crippen LogP contribution in [-0.4, -0.2) is 51.5 Å². The van der Waals surface area contributed by atoms with E-state index in [1.54, 1.807) is 12.1 Å². The van der Waals surface area contributed by atoms with Gasteiger partial charge in [0.25, 0.3) is 5.91 Å². The fourth-order valence-electron chi connectivity index (χ4n) is 4.98. The third-order valence-corrected chi connectivity index (χ3v) is 6.64. The zero-order valence-electron chi connectivity index (χ0n) is 20.4. The van der Waals surface area contributed by atoms with Crippen LogP contribution in [-0.2, 0) is 17.8 Å². The molecule has 37 heavy (non-hydrogen) atoms. The molecule has 0 bridgehead atoms. The molecule has 1 atom stereocenters. The Morgan fingerprint density at radius 2 is 1.51 bits per heavy atom. The number of nitrogens with one attached hydrogen (secondary N) is 1. The number of para-hydroxylation sites is 1. The molecule has 1 unspecified atom stereocenters. The Kier molecular flexibility index (Phi) is 7.00. The number of nitrogens with two attached hydrogens (primary N) is 1. The van der Waals surface area contributed by atoms with Gasteiger partial charge in [0.05, 0.1) is 11.4 Å². The maximum atomic E-state index is 14.4. The summed E-state index contributed by atoms with van der Waals surface area (Å²) in [5, 5.41) is 3.39. The number of primary amides is 1. The smallest absolute Gasteiger partial charge is 0.334 e. The molecule has 188 valence electrons. The van der Waals surface area contributed by atoms with Crippen LogP contribution in [0.1, 0.15) is 16.1 Å². The van der Waals surface area contributed by atoms with Crippen LogP contribution in [0.2, 0.25) is 0 Å². The predicted molar refractivity (Wildman–Crippen MR) is 142 cm³/mol. The molecule has 1 aromatic heterocycles. The fraction of sp³-hybridized carbons (Fsp3) is 0.207. The summed E-state index contributed by atoms with van der Waals surface area (Å²) >= 11 is 0. The van der Waals surface area contributed by atoms with Crippen molar-refractivity contribution >= 4 is 11.8 Å².